The van der Waals surface area contributed by atoms with Gasteiger partial charge in [0.1, 0.15) is 0 Å². The molecule has 1 atom stereocenters. The first kappa shape index (κ1) is 17.3. The fourth-order valence-corrected chi connectivity index (χ4v) is 3.64. The predicted molar refractivity (Wildman–Crippen MR) is 104 cm³/mol. The van der Waals surface area contributed by atoms with E-state index in [0.717, 1.165) is 36.3 Å². The van der Waals surface area contributed by atoms with Gasteiger partial charge in [0.2, 0.25) is 5.69 Å². The molecule has 1 aliphatic heterocycles. The van der Waals surface area contributed by atoms with Gasteiger partial charge >= 0.3 is 5.97 Å². The fraction of sp³-hybridized carbons (Fsp3) is 0.286. The van der Waals surface area contributed by atoms with Gasteiger partial charge in [-0.25, -0.2) is 4.79 Å². The van der Waals surface area contributed by atoms with Crippen LogP contribution in [0.3, 0.4) is 0 Å². The van der Waals surface area contributed by atoms with E-state index < -0.39 is 5.97 Å². The minimum Gasteiger partial charge on any atom is -0.476 e. The molecule has 1 unspecified atom stereocenters. The topological polar surface area (TPSA) is 71.2 Å². The average Bonchev–Trinajstić information content (AvgIpc) is 3.31. The zero-order chi connectivity index (χ0) is 19.0. The van der Waals surface area contributed by atoms with Gasteiger partial charge in [0, 0.05) is 19.0 Å². The van der Waals surface area contributed by atoms with Crippen molar-refractivity contribution in [2.24, 2.45) is 0 Å². The number of carbonyl (C=O) groups is 1. The first-order valence-electron chi connectivity index (χ1n) is 9.11. The van der Waals surface area contributed by atoms with E-state index in [1.54, 1.807) is 0 Å². The van der Waals surface area contributed by atoms with Crippen molar-refractivity contribution in [3.63, 3.8) is 0 Å². The monoisotopic (exact) mass is 362 g/mol. The van der Waals surface area contributed by atoms with E-state index >= 15 is 0 Å². The number of nitrogens with zero attached hydrogens (tertiary/aromatic N) is 4. The Hall–Kier alpha value is -3.15. The maximum absolute atomic E-state index is 11.8. The quantitative estimate of drug-likeness (QED) is 0.768. The molecule has 1 saturated heterocycles. The normalized spacial score (nSPS) is 16.7. The molecule has 1 N–H and O–H groups in total. The van der Waals surface area contributed by atoms with E-state index in [1.807, 2.05) is 55.1 Å². The number of carboxylic acids is 1. The van der Waals surface area contributed by atoms with Crippen molar-refractivity contribution < 1.29 is 9.90 Å². The number of aryl methyl sites for hydroxylation is 2. The van der Waals surface area contributed by atoms with E-state index in [4.69, 9.17) is 0 Å². The lowest BCUT2D eigenvalue weighted by Crippen LogP contribution is -2.22. The van der Waals surface area contributed by atoms with Crippen molar-refractivity contribution in [1.29, 1.82) is 0 Å². The van der Waals surface area contributed by atoms with Crippen LogP contribution in [0.15, 0.2) is 48.5 Å². The van der Waals surface area contributed by atoms with Crippen molar-refractivity contribution in [1.82, 2.24) is 15.0 Å². The van der Waals surface area contributed by atoms with Crippen LogP contribution in [-0.4, -0.2) is 39.2 Å². The summed E-state index contributed by atoms with van der Waals surface area (Å²) in [5, 5.41) is 18.5. The Morgan fingerprint density at radius 1 is 1.11 bits per heavy atom. The Morgan fingerprint density at radius 2 is 1.89 bits per heavy atom. The molecule has 0 bridgehead atoms. The largest absolute Gasteiger partial charge is 0.476 e. The van der Waals surface area contributed by atoms with Crippen molar-refractivity contribution in [2.45, 2.75) is 26.2 Å². The molecule has 0 aliphatic carbocycles. The van der Waals surface area contributed by atoms with Crippen LogP contribution >= 0.6 is 0 Å². The lowest BCUT2D eigenvalue weighted by Gasteiger charge is -2.16. The van der Waals surface area contributed by atoms with Crippen molar-refractivity contribution in [2.75, 3.05) is 18.0 Å². The van der Waals surface area contributed by atoms with Crippen LogP contribution < -0.4 is 4.90 Å². The Kier molecular flexibility index (Phi) is 4.39. The van der Waals surface area contributed by atoms with Crippen LogP contribution in [-0.2, 0) is 0 Å². The highest BCUT2D eigenvalue weighted by atomic mass is 16.4. The van der Waals surface area contributed by atoms with Crippen LogP contribution in [0.4, 0.5) is 5.82 Å². The van der Waals surface area contributed by atoms with Gasteiger partial charge in [-0.3, -0.25) is 0 Å². The molecule has 0 radical (unpaired) electrons. The number of aromatic carboxylic acids is 1. The molecule has 1 fully saturated rings. The third-order valence-electron chi connectivity index (χ3n) is 5.14. The number of hydrogen-bond donors (Lipinski definition) is 1. The summed E-state index contributed by atoms with van der Waals surface area (Å²) in [6.07, 6.45) is 0.972. The van der Waals surface area contributed by atoms with Gasteiger partial charge in [0.15, 0.2) is 5.82 Å². The number of hydrogen-bond acceptors (Lipinski definition) is 4. The van der Waals surface area contributed by atoms with Gasteiger partial charge in [-0.15, -0.1) is 15.0 Å². The molecule has 3 aromatic rings. The zero-order valence-electron chi connectivity index (χ0n) is 15.5. The summed E-state index contributed by atoms with van der Waals surface area (Å²) in [5.74, 6) is -0.231. The predicted octanol–water partition coefficient (Wildman–Crippen LogP) is 3.58. The Labute approximate surface area is 158 Å². The van der Waals surface area contributed by atoms with Crippen LogP contribution in [0.5, 0.6) is 0 Å². The van der Waals surface area contributed by atoms with Crippen LogP contribution in [0.1, 0.15) is 39.5 Å². The third-order valence-corrected chi connectivity index (χ3v) is 5.14. The van der Waals surface area contributed by atoms with Gasteiger partial charge < -0.3 is 10.0 Å². The SMILES string of the molecule is Cc1ccc(C)c(-n2nc(C(=O)O)c(N3CCC(c4ccccc4)C3)n2)c1. The first-order valence-corrected chi connectivity index (χ1v) is 9.11. The van der Waals surface area contributed by atoms with Gasteiger partial charge in [0.25, 0.3) is 0 Å². The smallest absolute Gasteiger partial charge is 0.360 e. The number of benzene rings is 2. The molecular formula is C21H22N4O2. The van der Waals surface area contributed by atoms with Gasteiger partial charge in [-0.2, -0.15) is 0 Å². The van der Waals surface area contributed by atoms with Gasteiger partial charge in [-0.1, -0.05) is 42.5 Å². The molecule has 0 saturated carbocycles. The number of carboxylic acid groups (broad SMARTS) is 1. The molecule has 6 nitrogen and oxygen atoms in total. The van der Waals surface area contributed by atoms with E-state index in [0.29, 0.717) is 11.7 Å². The third kappa shape index (κ3) is 3.30. The van der Waals surface area contributed by atoms with Crippen LogP contribution in [0.25, 0.3) is 5.69 Å². The summed E-state index contributed by atoms with van der Waals surface area (Å²) in [4.78, 5) is 15.3. The standard InChI is InChI=1S/C21H22N4O2/c1-14-8-9-15(2)18(12-14)25-22-19(21(26)27)20(23-25)24-11-10-17(13-24)16-6-4-3-5-7-16/h3-9,12,17H,10-11,13H2,1-2H3,(H,26,27). The lowest BCUT2D eigenvalue weighted by atomic mass is 9.99. The molecule has 2 aromatic carbocycles. The zero-order valence-corrected chi connectivity index (χ0v) is 15.5. The average molecular weight is 362 g/mol. The summed E-state index contributed by atoms with van der Waals surface area (Å²) in [6, 6.07) is 16.3. The second kappa shape index (κ2) is 6.87. The van der Waals surface area contributed by atoms with E-state index in [1.165, 1.54) is 10.4 Å². The highest BCUT2D eigenvalue weighted by Crippen LogP contribution is 2.31. The van der Waals surface area contributed by atoms with Gasteiger partial charge in [0.05, 0.1) is 5.69 Å². The Morgan fingerprint density at radius 3 is 2.63 bits per heavy atom. The molecule has 6 heteroatoms. The van der Waals surface area contributed by atoms with E-state index in [-0.39, 0.29) is 5.69 Å². The lowest BCUT2D eigenvalue weighted by molar-refractivity contribution is 0.0690. The highest BCUT2D eigenvalue weighted by molar-refractivity contribution is 5.91. The molecule has 0 spiro atoms. The maximum Gasteiger partial charge on any atom is 0.360 e. The van der Waals surface area contributed by atoms with E-state index in [9.17, 15) is 9.90 Å². The summed E-state index contributed by atoms with van der Waals surface area (Å²) < 4.78 is 0. The highest BCUT2D eigenvalue weighted by Gasteiger charge is 2.30. The van der Waals surface area contributed by atoms with E-state index in [2.05, 4.69) is 22.3 Å². The summed E-state index contributed by atoms with van der Waals surface area (Å²) in [6.45, 7) is 5.48. The maximum atomic E-state index is 11.8. The van der Waals surface area contributed by atoms with Gasteiger partial charge in [-0.05, 0) is 43.0 Å². The molecule has 1 aromatic heterocycles. The number of aromatic nitrogens is 3. The Balaban J connectivity index is 1.68. The summed E-state index contributed by atoms with van der Waals surface area (Å²) >= 11 is 0. The molecule has 0 amide bonds. The Bertz CT molecular complexity index is 981. The van der Waals surface area contributed by atoms with Crippen molar-refractivity contribution in [3.8, 4) is 5.69 Å². The summed E-state index contributed by atoms with van der Waals surface area (Å²) in [7, 11) is 0. The second-order valence-electron chi connectivity index (χ2n) is 7.10. The molecule has 2 heterocycles. The molecular weight excluding hydrogens is 340 g/mol. The second-order valence-corrected chi connectivity index (χ2v) is 7.10. The van der Waals surface area contributed by atoms with Crippen molar-refractivity contribution in [3.05, 3.63) is 70.9 Å². The minimum absolute atomic E-state index is 0.00428. The van der Waals surface area contributed by atoms with Crippen molar-refractivity contribution >= 4 is 11.8 Å². The fourth-order valence-electron chi connectivity index (χ4n) is 3.64. The van der Waals surface area contributed by atoms with Crippen LogP contribution in [0.2, 0.25) is 0 Å². The first-order chi connectivity index (χ1) is 13.0. The minimum atomic E-state index is -1.05. The molecule has 138 valence electrons. The molecule has 4 rings (SSSR count). The van der Waals surface area contributed by atoms with Crippen LogP contribution in [0, 0.1) is 13.8 Å². The number of rotatable bonds is 4. The summed E-state index contributed by atoms with van der Waals surface area (Å²) in [5.41, 5.74) is 4.17. The molecule has 1 aliphatic rings. The number of anilines is 1. The molecule has 27 heavy (non-hydrogen) atoms.